The van der Waals surface area contributed by atoms with E-state index in [0.717, 1.165) is 6.42 Å². The lowest BCUT2D eigenvalue weighted by molar-refractivity contribution is -0.122. The van der Waals surface area contributed by atoms with Gasteiger partial charge in [-0.05, 0) is 32.6 Å². The highest BCUT2D eigenvalue weighted by Crippen LogP contribution is 2.21. The van der Waals surface area contributed by atoms with Crippen LogP contribution in [-0.2, 0) is 4.79 Å². The number of hydrogen-bond acceptors (Lipinski definition) is 2. The zero-order valence-electron chi connectivity index (χ0n) is 11.0. The Balaban J connectivity index is 3.98. The van der Waals surface area contributed by atoms with Crippen molar-refractivity contribution in [2.75, 3.05) is 0 Å². The van der Waals surface area contributed by atoms with Gasteiger partial charge in [-0.1, -0.05) is 20.8 Å². The summed E-state index contributed by atoms with van der Waals surface area (Å²) in [6.45, 7) is 12.3. The molecule has 0 radical (unpaired) electrons. The van der Waals surface area contributed by atoms with E-state index >= 15 is 0 Å². The van der Waals surface area contributed by atoms with Gasteiger partial charge in [0.25, 0.3) is 0 Å². The van der Waals surface area contributed by atoms with E-state index in [4.69, 9.17) is 5.73 Å². The van der Waals surface area contributed by atoms with Gasteiger partial charge in [0.1, 0.15) is 0 Å². The van der Waals surface area contributed by atoms with Crippen LogP contribution in [0.15, 0.2) is 0 Å². The Labute approximate surface area is 93.8 Å². The minimum absolute atomic E-state index is 0.0410. The highest BCUT2D eigenvalue weighted by molar-refractivity contribution is 5.77. The molecule has 0 saturated heterocycles. The van der Waals surface area contributed by atoms with Crippen molar-refractivity contribution >= 4 is 5.91 Å². The zero-order chi connectivity index (χ0) is 12.3. The summed E-state index contributed by atoms with van der Waals surface area (Å²) in [6, 6.07) is -0.0488. The average Bonchev–Trinajstić information content (AvgIpc) is 1.73. The van der Waals surface area contributed by atoms with Gasteiger partial charge in [-0.2, -0.15) is 0 Å². The molecule has 3 N–H and O–H groups in total. The van der Waals surface area contributed by atoms with Crippen molar-refractivity contribution in [1.82, 2.24) is 5.32 Å². The maximum absolute atomic E-state index is 11.6. The van der Waals surface area contributed by atoms with E-state index in [1.165, 1.54) is 0 Å². The molecule has 0 aromatic heterocycles. The Kier molecular flexibility index (Phi) is 4.78. The molecule has 0 rings (SSSR count). The number of amides is 1. The number of carbonyl (C=O) groups is 1. The van der Waals surface area contributed by atoms with Gasteiger partial charge in [0.15, 0.2) is 0 Å². The molecule has 1 unspecified atom stereocenters. The van der Waals surface area contributed by atoms with Crippen molar-refractivity contribution in [2.24, 2.45) is 11.1 Å². The van der Waals surface area contributed by atoms with Crippen LogP contribution in [0.1, 0.15) is 54.4 Å². The standard InChI is InChI=1S/C12H26N2O/c1-11(2,3)8-9(13)7-10(15)14-12(4,5)6/h9H,7-8,13H2,1-6H3,(H,14,15). The monoisotopic (exact) mass is 214 g/mol. The van der Waals surface area contributed by atoms with E-state index in [1.54, 1.807) is 0 Å². The van der Waals surface area contributed by atoms with Crippen molar-refractivity contribution in [1.29, 1.82) is 0 Å². The van der Waals surface area contributed by atoms with Crippen LogP contribution in [0.3, 0.4) is 0 Å². The molecule has 90 valence electrons. The fourth-order valence-corrected chi connectivity index (χ4v) is 1.57. The van der Waals surface area contributed by atoms with Gasteiger partial charge in [0.05, 0.1) is 0 Å². The topological polar surface area (TPSA) is 55.1 Å². The summed E-state index contributed by atoms with van der Waals surface area (Å²) in [5.74, 6) is 0.0410. The van der Waals surface area contributed by atoms with Crippen molar-refractivity contribution in [3.05, 3.63) is 0 Å². The summed E-state index contributed by atoms with van der Waals surface area (Å²) in [7, 11) is 0. The molecule has 0 bridgehead atoms. The van der Waals surface area contributed by atoms with E-state index in [9.17, 15) is 4.79 Å². The Hall–Kier alpha value is -0.570. The highest BCUT2D eigenvalue weighted by atomic mass is 16.1. The predicted molar refractivity (Wildman–Crippen MR) is 64.6 cm³/mol. The number of nitrogens with one attached hydrogen (secondary N) is 1. The molecule has 3 nitrogen and oxygen atoms in total. The van der Waals surface area contributed by atoms with Crippen LogP contribution in [-0.4, -0.2) is 17.5 Å². The molecule has 1 amide bonds. The lowest BCUT2D eigenvalue weighted by atomic mass is 9.87. The van der Waals surface area contributed by atoms with Gasteiger partial charge in [-0.25, -0.2) is 0 Å². The number of nitrogens with two attached hydrogens (primary N) is 1. The SMILES string of the molecule is CC(C)(C)CC(N)CC(=O)NC(C)(C)C. The average molecular weight is 214 g/mol. The van der Waals surface area contributed by atoms with Crippen LogP contribution in [0.4, 0.5) is 0 Å². The fraction of sp³-hybridized carbons (Fsp3) is 0.917. The van der Waals surface area contributed by atoms with E-state index < -0.39 is 0 Å². The normalized spacial score (nSPS) is 14.9. The van der Waals surface area contributed by atoms with Gasteiger partial charge in [0.2, 0.25) is 5.91 Å². The summed E-state index contributed by atoms with van der Waals surface area (Å²) in [5, 5.41) is 2.92. The second-order valence-electron chi connectivity index (χ2n) is 6.53. The molecule has 0 aromatic rings. The zero-order valence-corrected chi connectivity index (χ0v) is 11.0. The number of rotatable bonds is 3. The van der Waals surface area contributed by atoms with Crippen LogP contribution >= 0.6 is 0 Å². The molecule has 15 heavy (non-hydrogen) atoms. The Morgan fingerprint density at radius 2 is 1.67 bits per heavy atom. The first-order valence-electron chi connectivity index (χ1n) is 5.56. The largest absolute Gasteiger partial charge is 0.351 e. The van der Waals surface area contributed by atoms with E-state index in [2.05, 4.69) is 26.1 Å². The van der Waals surface area contributed by atoms with Crippen LogP contribution in [0.5, 0.6) is 0 Å². The van der Waals surface area contributed by atoms with Gasteiger partial charge >= 0.3 is 0 Å². The molecule has 1 atom stereocenters. The molecule has 0 aliphatic rings. The van der Waals surface area contributed by atoms with Crippen molar-refractivity contribution in [3.8, 4) is 0 Å². The van der Waals surface area contributed by atoms with E-state index in [1.807, 2.05) is 20.8 Å². The third-order valence-corrected chi connectivity index (χ3v) is 1.84. The van der Waals surface area contributed by atoms with Crippen molar-refractivity contribution in [2.45, 2.75) is 66.0 Å². The fourth-order valence-electron chi connectivity index (χ4n) is 1.57. The summed E-state index contributed by atoms with van der Waals surface area (Å²) in [4.78, 5) is 11.6. The maximum Gasteiger partial charge on any atom is 0.221 e. The molecule has 0 aromatic carbocycles. The summed E-state index contributed by atoms with van der Waals surface area (Å²) in [5.41, 5.74) is 5.93. The first-order chi connectivity index (χ1) is 6.49. The van der Waals surface area contributed by atoms with Gasteiger partial charge in [-0.3, -0.25) is 4.79 Å². The third kappa shape index (κ3) is 9.73. The first-order valence-corrected chi connectivity index (χ1v) is 5.56. The van der Waals surface area contributed by atoms with Gasteiger partial charge in [0, 0.05) is 18.0 Å². The van der Waals surface area contributed by atoms with Crippen molar-refractivity contribution < 1.29 is 4.79 Å². The minimum Gasteiger partial charge on any atom is -0.351 e. The van der Waals surface area contributed by atoms with E-state index in [-0.39, 0.29) is 22.9 Å². The molecule has 0 fully saturated rings. The van der Waals surface area contributed by atoms with Gasteiger partial charge < -0.3 is 11.1 Å². The lowest BCUT2D eigenvalue weighted by Crippen LogP contribution is -2.43. The van der Waals surface area contributed by atoms with Gasteiger partial charge in [-0.15, -0.1) is 0 Å². The van der Waals surface area contributed by atoms with E-state index in [0.29, 0.717) is 6.42 Å². The first kappa shape index (κ1) is 14.4. The Morgan fingerprint density at radius 1 is 1.20 bits per heavy atom. The molecule has 0 spiro atoms. The summed E-state index contributed by atoms with van der Waals surface area (Å²) in [6.07, 6.45) is 1.28. The molecule has 0 aliphatic heterocycles. The minimum atomic E-state index is -0.168. The Morgan fingerprint density at radius 3 is 2.00 bits per heavy atom. The predicted octanol–water partition coefficient (Wildman–Crippen LogP) is 2.05. The lowest BCUT2D eigenvalue weighted by Gasteiger charge is -2.25. The quantitative estimate of drug-likeness (QED) is 0.755. The second-order valence-corrected chi connectivity index (χ2v) is 6.53. The number of carbonyl (C=O) groups excluding carboxylic acids is 1. The molecule has 0 aliphatic carbocycles. The molecule has 3 heteroatoms. The van der Waals surface area contributed by atoms with Crippen LogP contribution in [0.2, 0.25) is 0 Å². The third-order valence-electron chi connectivity index (χ3n) is 1.84. The summed E-state index contributed by atoms with van der Waals surface area (Å²) >= 11 is 0. The smallest absolute Gasteiger partial charge is 0.221 e. The molecular formula is C12H26N2O. The number of hydrogen-bond donors (Lipinski definition) is 2. The van der Waals surface area contributed by atoms with Crippen molar-refractivity contribution in [3.63, 3.8) is 0 Å². The molecular weight excluding hydrogens is 188 g/mol. The maximum atomic E-state index is 11.6. The summed E-state index contributed by atoms with van der Waals surface area (Å²) < 4.78 is 0. The second kappa shape index (κ2) is 4.97. The molecule has 0 heterocycles. The van der Waals surface area contributed by atoms with Crippen LogP contribution < -0.4 is 11.1 Å². The Bertz CT molecular complexity index is 211. The molecule has 0 saturated carbocycles. The highest BCUT2D eigenvalue weighted by Gasteiger charge is 2.20. The van der Waals surface area contributed by atoms with Crippen LogP contribution in [0, 0.1) is 5.41 Å². The van der Waals surface area contributed by atoms with Crippen LogP contribution in [0.25, 0.3) is 0 Å².